The summed E-state index contributed by atoms with van der Waals surface area (Å²) < 4.78 is 0. The van der Waals surface area contributed by atoms with Crippen molar-refractivity contribution in [1.29, 1.82) is 5.26 Å². The summed E-state index contributed by atoms with van der Waals surface area (Å²) in [5.41, 5.74) is 14.0. The molecule has 1 aromatic carbocycles. The number of carbonyl (C=O) groups excluding carboxylic acids is 2. The molecule has 158 valence electrons. The number of fused-ring (bicyclic) bond motifs is 1. The molecule has 0 radical (unpaired) electrons. The van der Waals surface area contributed by atoms with Crippen LogP contribution in [-0.2, 0) is 11.2 Å². The maximum absolute atomic E-state index is 10.5. The molecule has 1 aromatic heterocycles. The number of nitrogens with zero attached hydrogens (tertiary/aromatic N) is 3. The lowest BCUT2D eigenvalue weighted by Gasteiger charge is -2.40. The van der Waals surface area contributed by atoms with Crippen molar-refractivity contribution in [3.05, 3.63) is 53.2 Å². The number of hydrogen-bond acceptors (Lipinski definition) is 6. The van der Waals surface area contributed by atoms with E-state index < -0.39 is 5.91 Å². The Morgan fingerprint density at radius 2 is 2.00 bits per heavy atom. The van der Waals surface area contributed by atoms with E-state index in [1.165, 1.54) is 43.3 Å². The third-order valence-corrected chi connectivity index (χ3v) is 5.37. The molecule has 1 amide bonds. The molecule has 2 heterocycles. The van der Waals surface area contributed by atoms with Crippen molar-refractivity contribution in [2.45, 2.75) is 39.2 Å². The van der Waals surface area contributed by atoms with Gasteiger partial charge in [0, 0.05) is 25.0 Å². The minimum atomic E-state index is -0.550. The van der Waals surface area contributed by atoms with E-state index in [9.17, 15) is 4.79 Å². The van der Waals surface area contributed by atoms with Crippen molar-refractivity contribution in [2.24, 2.45) is 17.6 Å². The van der Waals surface area contributed by atoms with Crippen LogP contribution in [0.4, 0.5) is 11.5 Å². The summed E-state index contributed by atoms with van der Waals surface area (Å²) in [5.74, 6) is 1.23. The zero-order valence-electron chi connectivity index (χ0n) is 17.7. The van der Waals surface area contributed by atoms with Crippen molar-refractivity contribution in [3.8, 4) is 6.07 Å². The van der Waals surface area contributed by atoms with Gasteiger partial charge >= 0.3 is 0 Å². The lowest BCUT2D eigenvalue weighted by atomic mass is 9.84. The zero-order valence-corrected chi connectivity index (χ0v) is 17.7. The van der Waals surface area contributed by atoms with Gasteiger partial charge in [-0.2, -0.15) is 5.26 Å². The van der Waals surface area contributed by atoms with Gasteiger partial charge in [0.05, 0.1) is 17.2 Å². The van der Waals surface area contributed by atoms with E-state index in [-0.39, 0.29) is 11.4 Å². The summed E-state index contributed by atoms with van der Waals surface area (Å²) in [5, 5.41) is 8.96. The molecule has 30 heavy (non-hydrogen) atoms. The SMILES string of the molecule is CC1Cc2cc(C#N)ccc2N(C)[C@H]1C1CC1.CC=O.NC(=O)c1cccnc1N. The first-order valence-corrected chi connectivity index (χ1v) is 9.99. The number of aromatic nitrogens is 1. The number of aldehydes is 1. The summed E-state index contributed by atoms with van der Waals surface area (Å²) in [6, 6.07) is 12.2. The van der Waals surface area contributed by atoms with Crippen LogP contribution in [0.1, 0.15) is 48.2 Å². The number of carbonyl (C=O) groups is 2. The monoisotopic (exact) mass is 407 g/mol. The van der Waals surface area contributed by atoms with E-state index in [0.717, 1.165) is 24.2 Å². The lowest BCUT2D eigenvalue weighted by molar-refractivity contribution is -0.106. The predicted octanol–water partition coefficient (Wildman–Crippen LogP) is 2.93. The minimum absolute atomic E-state index is 0.176. The Labute approximate surface area is 177 Å². The maximum Gasteiger partial charge on any atom is 0.252 e. The number of rotatable bonds is 2. The normalized spacial score (nSPS) is 19.1. The van der Waals surface area contributed by atoms with E-state index in [1.807, 2.05) is 6.07 Å². The van der Waals surface area contributed by atoms with Crippen molar-refractivity contribution < 1.29 is 9.59 Å². The molecule has 7 nitrogen and oxygen atoms in total. The molecule has 7 heteroatoms. The smallest absolute Gasteiger partial charge is 0.252 e. The Hall–Kier alpha value is -3.40. The topological polar surface area (TPSA) is 126 Å². The summed E-state index contributed by atoms with van der Waals surface area (Å²) >= 11 is 0. The van der Waals surface area contributed by atoms with Crippen molar-refractivity contribution in [3.63, 3.8) is 0 Å². The standard InChI is InChI=1S/C15H18N2.C6H7N3O.C2H4O/c1-10-7-13-8-11(9-16)3-6-14(13)17(2)15(10)12-4-5-12;7-5-4(6(8)10)2-1-3-9-5;1-2-3/h3,6,8,10,12,15H,4-5,7H2,1-2H3;1-3H,(H2,7,9)(H2,8,10);2H,1H3/t10?,15-;;/m1../s1. The van der Waals surface area contributed by atoms with Crippen LogP contribution in [0.2, 0.25) is 0 Å². The third-order valence-electron chi connectivity index (χ3n) is 5.37. The molecule has 4 N–H and O–H groups in total. The van der Waals surface area contributed by atoms with Gasteiger partial charge in [-0.25, -0.2) is 4.98 Å². The van der Waals surface area contributed by atoms with Crippen molar-refractivity contribution >= 4 is 23.7 Å². The van der Waals surface area contributed by atoms with Gasteiger partial charge in [0.1, 0.15) is 12.1 Å². The molecule has 0 saturated heterocycles. The number of nitrogen functional groups attached to an aromatic ring is 1. The van der Waals surface area contributed by atoms with Crippen LogP contribution >= 0.6 is 0 Å². The number of nitrogens with two attached hydrogens (primary N) is 2. The summed E-state index contributed by atoms with van der Waals surface area (Å²) in [4.78, 5) is 25.5. The number of hydrogen-bond donors (Lipinski definition) is 2. The van der Waals surface area contributed by atoms with Crippen LogP contribution in [0.3, 0.4) is 0 Å². The largest absolute Gasteiger partial charge is 0.383 e. The van der Waals surface area contributed by atoms with E-state index >= 15 is 0 Å². The highest BCUT2D eigenvalue weighted by Gasteiger charge is 2.40. The second kappa shape index (κ2) is 10.4. The molecule has 2 atom stereocenters. The molecular weight excluding hydrogens is 378 g/mol. The first-order valence-electron chi connectivity index (χ1n) is 9.99. The maximum atomic E-state index is 10.5. The Kier molecular flexibility index (Phi) is 7.93. The molecule has 1 saturated carbocycles. The van der Waals surface area contributed by atoms with Crippen LogP contribution in [0.15, 0.2) is 36.5 Å². The average molecular weight is 408 g/mol. The van der Waals surface area contributed by atoms with Crippen LogP contribution in [-0.4, -0.2) is 30.3 Å². The number of primary amides is 1. The molecule has 1 fully saturated rings. The van der Waals surface area contributed by atoms with E-state index in [0.29, 0.717) is 12.0 Å². The molecule has 1 aliphatic carbocycles. The molecule has 0 spiro atoms. The average Bonchev–Trinajstić information content (AvgIpc) is 3.54. The van der Waals surface area contributed by atoms with Gasteiger partial charge < -0.3 is 21.2 Å². The minimum Gasteiger partial charge on any atom is -0.383 e. The van der Waals surface area contributed by atoms with E-state index in [4.69, 9.17) is 21.5 Å². The summed E-state index contributed by atoms with van der Waals surface area (Å²) in [6.45, 7) is 3.79. The van der Waals surface area contributed by atoms with Crippen molar-refractivity contribution in [1.82, 2.24) is 4.98 Å². The molecule has 4 rings (SSSR count). The van der Waals surface area contributed by atoms with Gasteiger partial charge in [-0.15, -0.1) is 0 Å². The molecular formula is C23H29N5O2. The first-order chi connectivity index (χ1) is 14.3. The van der Waals surface area contributed by atoms with Crippen molar-refractivity contribution in [2.75, 3.05) is 17.7 Å². The summed E-state index contributed by atoms with van der Waals surface area (Å²) in [6.07, 6.45) is 6.16. The number of benzene rings is 1. The van der Waals surface area contributed by atoms with Crippen LogP contribution in [0.5, 0.6) is 0 Å². The molecule has 2 aliphatic rings. The highest BCUT2D eigenvalue weighted by Crippen LogP contribution is 2.44. The third kappa shape index (κ3) is 5.57. The highest BCUT2D eigenvalue weighted by molar-refractivity contribution is 5.96. The Morgan fingerprint density at radius 1 is 1.33 bits per heavy atom. The van der Waals surface area contributed by atoms with Gasteiger partial charge in [-0.3, -0.25) is 4.79 Å². The lowest BCUT2D eigenvalue weighted by Crippen LogP contribution is -2.43. The number of pyridine rings is 1. The van der Waals surface area contributed by atoms with Crippen LogP contribution in [0.25, 0.3) is 0 Å². The number of amides is 1. The predicted molar refractivity (Wildman–Crippen MR) is 118 cm³/mol. The van der Waals surface area contributed by atoms with E-state index in [1.54, 1.807) is 6.07 Å². The Balaban J connectivity index is 0.000000210. The van der Waals surface area contributed by atoms with Gasteiger partial charge in [0.25, 0.3) is 5.91 Å². The molecule has 0 bridgehead atoms. The molecule has 1 unspecified atom stereocenters. The number of nitriles is 1. The first kappa shape index (κ1) is 22.9. The second-order valence-corrected chi connectivity index (χ2v) is 7.61. The molecule has 2 aromatic rings. The number of anilines is 2. The highest BCUT2D eigenvalue weighted by atomic mass is 16.1. The van der Waals surface area contributed by atoms with Gasteiger partial charge in [0.2, 0.25) is 0 Å². The fourth-order valence-electron chi connectivity index (χ4n) is 4.02. The second-order valence-electron chi connectivity index (χ2n) is 7.61. The fraction of sp³-hybridized carbons (Fsp3) is 0.391. The Bertz CT molecular complexity index is 933. The van der Waals surface area contributed by atoms with Gasteiger partial charge in [0.15, 0.2) is 0 Å². The fourth-order valence-corrected chi connectivity index (χ4v) is 4.02. The zero-order chi connectivity index (χ0) is 22.3. The van der Waals surface area contributed by atoms with E-state index in [2.05, 4.69) is 42.1 Å². The van der Waals surface area contributed by atoms with Gasteiger partial charge in [-0.1, -0.05) is 6.92 Å². The molecule has 1 aliphatic heterocycles. The Morgan fingerprint density at radius 3 is 2.50 bits per heavy atom. The van der Waals surface area contributed by atoms with Crippen LogP contribution < -0.4 is 16.4 Å². The van der Waals surface area contributed by atoms with Gasteiger partial charge in [-0.05, 0) is 73.9 Å². The summed E-state index contributed by atoms with van der Waals surface area (Å²) in [7, 11) is 2.21. The quantitative estimate of drug-likeness (QED) is 0.737. The van der Waals surface area contributed by atoms with Crippen LogP contribution in [0, 0.1) is 23.2 Å².